The number of rotatable bonds is 8. The summed E-state index contributed by atoms with van der Waals surface area (Å²) in [5.74, 6) is -0.794. The van der Waals surface area contributed by atoms with Crippen molar-refractivity contribution in [2.45, 2.75) is 45.3 Å². The van der Waals surface area contributed by atoms with Crippen molar-refractivity contribution in [1.29, 1.82) is 0 Å². The summed E-state index contributed by atoms with van der Waals surface area (Å²) >= 11 is 6.45. The molecule has 0 saturated heterocycles. The molecule has 0 radical (unpaired) electrons. The van der Waals surface area contributed by atoms with Gasteiger partial charge in [0.2, 0.25) is 5.96 Å². The monoisotopic (exact) mass is 625 g/mol. The number of alkyl halides is 2. The van der Waals surface area contributed by atoms with Gasteiger partial charge in [0, 0.05) is 28.5 Å². The van der Waals surface area contributed by atoms with E-state index < -0.39 is 42.2 Å². The van der Waals surface area contributed by atoms with Gasteiger partial charge in [0.05, 0.1) is 24.5 Å². The van der Waals surface area contributed by atoms with Gasteiger partial charge in [0.1, 0.15) is 0 Å². The van der Waals surface area contributed by atoms with E-state index in [0.29, 0.717) is 43.2 Å². The maximum Gasteiger partial charge on any atom is 0.411 e. The number of aliphatic hydroxyl groups excluding tert-OH is 1. The predicted octanol–water partition coefficient (Wildman–Crippen LogP) is 5.82. The number of aliphatic imine (C=N–C) groups is 1. The second-order valence-corrected chi connectivity index (χ2v) is 12.0. The highest BCUT2D eigenvalue weighted by atomic mass is 35.5. The molecule has 4 aromatic rings. The van der Waals surface area contributed by atoms with Crippen LogP contribution in [0.25, 0.3) is 22.4 Å². The van der Waals surface area contributed by atoms with Gasteiger partial charge in [0.15, 0.2) is 5.54 Å². The summed E-state index contributed by atoms with van der Waals surface area (Å²) in [6.45, 7) is 2.44. The van der Waals surface area contributed by atoms with E-state index in [2.05, 4.69) is 20.6 Å². The number of carboxylic acid groups (broad SMARTS) is 1. The molecular formula is C30H30ClF2N7O4. The first-order valence-corrected chi connectivity index (χ1v) is 14.0. The van der Waals surface area contributed by atoms with Gasteiger partial charge >= 0.3 is 12.6 Å². The molecule has 0 fully saturated rings. The van der Waals surface area contributed by atoms with E-state index in [9.17, 15) is 28.6 Å². The number of H-pyrrole nitrogens is 1. The summed E-state index contributed by atoms with van der Waals surface area (Å²) in [6.07, 6.45) is 2.84. The van der Waals surface area contributed by atoms with Gasteiger partial charge < -0.3 is 10.2 Å². The Morgan fingerprint density at radius 3 is 2.43 bits per heavy atom. The predicted molar refractivity (Wildman–Crippen MR) is 159 cm³/mol. The second-order valence-electron chi connectivity index (χ2n) is 11.6. The minimum absolute atomic E-state index is 0.182. The largest absolute Gasteiger partial charge is 0.465 e. The lowest BCUT2D eigenvalue weighted by atomic mass is 9.75. The zero-order chi connectivity index (χ0) is 31.8. The highest BCUT2D eigenvalue weighted by Gasteiger charge is 2.53. The number of hydrogen-bond donors (Lipinski definition) is 4. The van der Waals surface area contributed by atoms with Crippen molar-refractivity contribution in [3.05, 3.63) is 83.3 Å². The fourth-order valence-corrected chi connectivity index (χ4v) is 5.67. The van der Waals surface area contributed by atoms with Gasteiger partial charge in [-0.3, -0.25) is 20.1 Å². The van der Waals surface area contributed by atoms with Gasteiger partial charge in [-0.15, -0.1) is 0 Å². The maximum atomic E-state index is 14.6. The molecule has 4 N–H and O–H groups in total. The Balaban J connectivity index is 1.60. The van der Waals surface area contributed by atoms with Crippen LogP contribution in [0.3, 0.4) is 0 Å². The van der Waals surface area contributed by atoms with Gasteiger partial charge in [-0.05, 0) is 46.7 Å². The first kappa shape index (κ1) is 30.8. The number of benzene rings is 2. The van der Waals surface area contributed by atoms with Crippen LogP contribution in [0.2, 0.25) is 5.02 Å². The van der Waals surface area contributed by atoms with Crippen LogP contribution in [0, 0.1) is 5.41 Å². The topological polar surface area (TPSA) is 149 Å². The van der Waals surface area contributed by atoms with Crippen molar-refractivity contribution < 1.29 is 28.6 Å². The Morgan fingerprint density at radius 1 is 1.14 bits per heavy atom. The number of carbonyl (C=O) groups is 2. The molecule has 5 rings (SSSR count). The number of carbonyl (C=O) groups excluding carboxylic acids is 1. The summed E-state index contributed by atoms with van der Waals surface area (Å²) in [5, 5.41) is 33.5. The third-order valence-electron chi connectivity index (χ3n) is 7.25. The first-order valence-electron chi connectivity index (χ1n) is 13.6. The summed E-state index contributed by atoms with van der Waals surface area (Å²) in [5.41, 5.74) is 1.12. The van der Waals surface area contributed by atoms with Gasteiger partial charge in [-0.1, -0.05) is 62.7 Å². The molecular weight excluding hydrogens is 596 g/mol. The lowest BCUT2D eigenvalue weighted by molar-refractivity contribution is -0.135. The van der Waals surface area contributed by atoms with Gasteiger partial charge in [-0.25, -0.2) is 14.5 Å². The third-order valence-corrected chi connectivity index (χ3v) is 7.58. The molecule has 44 heavy (non-hydrogen) atoms. The number of aromatic nitrogens is 4. The summed E-state index contributed by atoms with van der Waals surface area (Å²) in [7, 11) is 0. The Morgan fingerprint density at radius 2 is 1.86 bits per heavy atom. The molecule has 1 aliphatic rings. The van der Waals surface area contributed by atoms with Crippen LogP contribution >= 0.6 is 11.6 Å². The average molecular weight is 626 g/mol. The lowest BCUT2D eigenvalue weighted by Crippen LogP contribution is -2.49. The average Bonchev–Trinajstić information content (AvgIpc) is 3.72. The standard InChI is InChI=1S/C30H30ClF2N7O4/c1-29(2,3)16-30(20-7-4-17(5-8-20)19-13-35-39(14-19)26(32)33)25(42)40(27(37-30)36-28(43)44)24(15-41)18-6-9-22(31)21(12-18)23-10-11-34-38-23/h4-14,24,26,41H,15-16H2,1-3H3,(H,34,38)(H,36,37)(H,43,44)/t24-,30-/m1/s1. The number of nitrogens with one attached hydrogen (secondary N) is 2. The van der Waals surface area contributed by atoms with Crippen molar-refractivity contribution in [3.63, 3.8) is 0 Å². The van der Waals surface area contributed by atoms with Crippen LogP contribution < -0.4 is 5.32 Å². The van der Waals surface area contributed by atoms with Crippen LogP contribution in [0.4, 0.5) is 13.6 Å². The van der Waals surface area contributed by atoms with E-state index in [1.807, 2.05) is 20.8 Å². The van der Waals surface area contributed by atoms with Crippen LogP contribution in [0.15, 0.2) is 72.1 Å². The van der Waals surface area contributed by atoms with Gasteiger partial charge in [0.25, 0.3) is 5.91 Å². The van der Waals surface area contributed by atoms with E-state index >= 15 is 0 Å². The van der Waals surface area contributed by atoms with E-state index in [0.717, 1.165) is 0 Å². The minimum Gasteiger partial charge on any atom is -0.465 e. The van der Waals surface area contributed by atoms with Crippen molar-refractivity contribution in [2.75, 3.05) is 6.61 Å². The Bertz CT molecular complexity index is 1700. The zero-order valence-corrected chi connectivity index (χ0v) is 24.8. The normalized spacial score (nSPS) is 17.7. The molecule has 230 valence electrons. The van der Waals surface area contributed by atoms with Crippen molar-refractivity contribution in [3.8, 4) is 22.4 Å². The SMILES string of the molecule is CC(C)(C)C[C@]1(c2ccc(-c3cnn(C(F)F)c3)cc2)N=C(NC(=O)O)N([C@H](CO)c2ccc(Cl)c(-c3ccn[nH]3)c2)C1=O. The quantitative estimate of drug-likeness (QED) is 0.194. The molecule has 11 nitrogen and oxygen atoms in total. The Hall–Kier alpha value is -4.62. The smallest absolute Gasteiger partial charge is 0.411 e. The molecule has 0 bridgehead atoms. The molecule has 0 saturated carbocycles. The first-order chi connectivity index (χ1) is 20.8. The number of aromatic amines is 1. The molecule has 2 atom stereocenters. The van der Waals surface area contributed by atoms with E-state index in [-0.39, 0.29) is 12.4 Å². The van der Waals surface area contributed by atoms with E-state index in [1.165, 1.54) is 17.3 Å². The summed E-state index contributed by atoms with van der Waals surface area (Å²) < 4.78 is 26.7. The van der Waals surface area contributed by atoms with E-state index in [1.54, 1.807) is 54.7 Å². The number of guanidine groups is 1. The van der Waals surface area contributed by atoms with Crippen LogP contribution in [0.5, 0.6) is 0 Å². The molecule has 2 aromatic carbocycles. The van der Waals surface area contributed by atoms with Crippen molar-refractivity contribution in [2.24, 2.45) is 10.4 Å². The fourth-order valence-electron chi connectivity index (χ4n) is 5.45. The molecule has 1 aliphatic heterocycles. The van der Waals surface area contributed by atoms with Gasteiger partial charge in [-0.2, -0.15) is 19.0 Å². The molecule has 0 aliphatic carbocycles. The highest BCUT2D eigenvalue weighted by Crippen LogP contribution is 2.45. The molecule has 2 aromatic heterocycles. The van der Waals surface area contributed by atoms with Crippen LogP contribution in [-0.4, -0.2) is 59.7 Å². The summed E-state index contributed by atoms with van der Waals surface area (Å²) in [6, 6.07) is 12.3. The van der Waals surface area contributed by atoms with Crippen LogP contribution in [-0.2, 0) is 10.3 Å². The molecule has 2 amide bonds. The Kier molecular flexibility index (Phi) is 8.28. The van der Waals surface area contributed by atoms with Crippen molar-refractivity contribution >= 4 is 29.6 Å². The number of aliphatic hydroxyl groups is 1. The number of nitrogens with zero attached hydrogens (tertiary/aromatic N) is 5. The minimum atomic E-state index is -2.79. The molecule has 0 spiro atoms. The number of hydrogen-bond acceptors (Lipinski definition) is 6. The van der Waals surface area contributed by atoms with E-state index in [4.69, 9.17) is 16.6 Å². The number of halogens is 3. The van der Waals surface area contributed by atoms with Crippen LogP contribution in [0.1, 0.15) is 50.9 Å². The summed E-state index contributed by atoms with van der Waals surface area (Å²) in [4.78, 5) is 32.4. The lowest BCUT2D eigenvalue weighted by Gasteiger charge is -2.34. The third kappa shape index (κ3) is 5.92. The molecule has 14 heteroatoms. The number of amides is 2. The van der Waals surface area contributed by atoms with Crippen molar-refractivity contribution in [1.82, 2.24) is 30.2 Å². The molecule has 0 unspecified atom stereocenters. The second kappa shape index (κ2) is 11.8. The fraction of sp³-hybridized carbons (Fsp3) is 0.300. The molecule has 3 heterocycles. The maximum absolute atomic E-state index is 14.6. The zero-order valence-electron chi connectivity index (χ0n) is 24.0. The highest BCUT2D eigenvalue weighted by molar-refractivity contribution is 6.33. The Labute approximate surface area is 256 Å².